The van der Waals surface area contributed by atoms with Gasteiger partial charge in [0.05, 0.1) is 4.47 Å². The van der Waals surface area contributed by atoms with E-state index in [-0.39, 0.29) is 11.9 Å². The van der Waals surface area contributed by atoms with E-state index in [1.807, 2.05) is 12.1 Å². The molecule has 0 radical (unpaired) electrons. The molecule has 0 saturated carbocycles. The van der Waals surface area contributed by atoms with Gasteiger partial charge in [-0.2, -0.15) is 0 Å². The lowest BCUT2D eigenvalue weighted by Gasteiger charge is -2.18. The average molecular weight is 300 g/mol. The van der Waals surface area contributed by atoms with Crippen LogP contribution in [0.1, 0.15) is 37.8 Å². The summed E-state index contributed by atoms with van der Waals surface area (Å²) in [6.07, 6.45) is 4.99. The first kappa shape index (κ1) is 14.4. The Bertz CT molecular complexity index is 365. The normalized spacial score (nSPS) is 12.4. The quantitative estimate of drug-likeness (QED) is 0.573. The summed E-state index contributed by atoms with van der Waals surface area (Å²) < 4.78 is 14.0. The van der Waals surface area contributed by atoms with Crippen LogP contribution in [0.15, 0.2) is 35.3 Å². The maximum absolute atomic E-state index is 13.5. The first-order chi connectivity index (χ1) is 8.19. The minimum absolute atomic E-state index is 0.200. The fraction of sp³-hybridized carbons (Fsp3) is 0.429. The molecule has 0 amide bonds. The molecular formula is C14H19BrFN. The van der Waals surface area contributed by atoms with Gasteiger partial charge in [-0.15, -0.1) is 6.58 Å². The number of halogens is 2. The number of hydrogen-bond donors (Lipinski definition) is 1. The maximum Gasteiger partial charge on any atom is 0.137 e. The van der Waals surface area contributed by atoms with E-state index in [1.165, 1.54) is 0 Å². The molecule has 17 heavy (non-hydrogen) atoms. The van der Waals surface area contributed by atoms with Gasteiger partial charge in [-0.05, 0) is 59.4 Å². The van der Waals surface area contributed by atoms with E-state index in [0.29, 0.717) is 4.47 Å². The van der Waals surface area contributed by atoms with E-state index in [4.69, 9.17) is 0 Å². The fourth-order valence-corrected chi connectivity index (χ4v) is 2.08. The van der Waals surface area contributed by atoms with Crippen LogP contribution in [-0.2, 0) is 0 Å². The molecule has 1 rings (SSSR count). The summed E-state index contributed by atoms with van der Waals surface area (Å²) in [4.78, 5) is 0. The van der Waals surface area contributed by atoms with Crippen LogP contribution in [0.25, 0.3) is 0 Å². The van der Waals surface area contributed by atoms with Gasteiger partial charge in [-0.25, -0.2) is 4.39 Å². The van der Waals surface area contributed by atoms with Gasteiger partial charge in [0.25, 0.3) is 0 Å². The predicted molar refractivity (Wildman–Crippen MR) is 74.6 cm³/mol. The molecule has 1 unspecified atom stereocenters. The highest BCUT2D eigenvalue weighted by atomic mass is 79.9. The third-order valence-electron chi connectivity index (χ3n) is 2.70. The number of allylic oxidation sites excluding steroid dienone is 1. The van der Waals surface area contributed by atoms with Crippen LogP contribution in [-0.4, -0.2) is 6.54 Å². The van der Waals surface area contributed by atoms with Gasteiger partial charge in [-0.3, -0.25) is 0 Å². The first-order valence-electron chi connectivity index (χ1n) is 5.98. The van der Waals surface area contributed by atoms with E-state index in [0.717, 1.165) is 31.4 Å². The van der Waals surface area contributed by atoms with E-state index in [1.54, 1.807) is 12.1 Å². The molecule has 94 valence electrons. The minimum Gasteiger partial charge on any atom is -0.310 e. The van der Waals surface area contributed by atoms with Crippen LogP contribution >= 0.6 is 15.9 Å². The van der Waals surface area contributed by atoms with Gasteiger partial charge in [0.15, 0.2) is 0 Å². The molecular weight excluding hydrogens is 281 g/mol. The lowest BCUT2D eigenvalue weighted by atomic mass is 10.0. The Morgan fingerprint density at radius 1 is 1.53 bits per heavy atom. The Hall–Kier alpha value is -0.670. The molecule has 0 fully saturated rings. The number of nitrogens with one attached hydrogen (secondary N) is 1. The molecule has 1 atom stereocenters. The van der Waals surface area contributed by atoms with Crippen molar-refractivity contribution < 1.29 is 4.39 Å². The Kier molecular flexibility index (Phi) is 6.45. The standard InChI is InChI=1S/C14H19BrFN/c1-3-5-6-7-14(17-4-2)11-8-9-12(15)13(16)10-11/h3,8-10,14,17H,1,4-7H2,2H3. The fourth-order valence-electron chi connectivity index (χ4n) is 1.83. The first-order valence-corrected chi connectivity index (χ1v) is 6.77. The molecule has 1 nitrogen and oxygen atoms in total. The van der Waals surface area contributed by atoms with Gasteiger partial charge < -0.3 is 5.32 Å². The molecule has 0 saturated heterocycles. The second-order valence-corrected chi connectivity index (χ2v) is 4.86. The van der Waals surface area contributed by atoms with Crippen molar-refractivity contribution in [2.75, 3.05) is 6.54 Å². The van der Waals surface area contributed by atoms with Gasteiger partial charge in [0.2, 0.25) is 0 Å². The van der Waals surface area contributed by atoms with Crippen molar-refractivity contribution in [3.05, 3.63) is 46.7 Å². The second-order valence-electron chi connectivity index (χ2n) is 4.00. The number of benzene rings is 1. The van der Waals surface area contributed by atoms with E-state index < -0.39 is 0 Å². The summed E-state index contributed by atoms with van der Waals surface area (Å²) in [5.74, 6) is -0.200. The second kappa shape index (κ2) is 7.62. The summed E-state index contributed by atoms with van der Waals surface area (Å²) in [6, 6.07) is 5.56. The zero-order valence-electron chi connectivity index (χ0n) is 10.2. The average Bonchev–Trinajstić information content (AvgIpc) is 2.32. The number of unbranched alkanes of at least 4 members (excludes halogenated alkanes) is 1. The highest BCUT2D eigenvalue weighted by molar-refractivity contribution is 9.10. The third-order valence-corrected chi connectivity index (χ3v) is 3.34. The van der Waals surface area contributed by atoms with Crippen molar-refractivity contribution in [1.82, 2.24) is 5.32 Å². The molecule has 1 aromatic rings. The third kappa shape index (κ3) is 4.60. The molecule has 0 aliphatic rings. The van der Waals surface area contributed by atoms with E-state index in [2.05, 4.69) is 34.7 Å². The lowest BCUT2D eigenvalue weighted by Crippen LogP contribution is -2.21. The van der Waals surface area contributed by atoms with Gasteiger partial charge in [-0.1, -0.05) is 19.1 Å². The summed E-state index contributed by atoms with van der Waals surface area (Å²) in [6.45, 7) is 6.67. The zero-order valence-corrected chi connectivity index (χ0v) is 11.8. The summed E-state index contributed by atoms with van der Waals surface area (Å²) in [5, 5.41) is 3.39. The molecule has 0 aromatic heterocycles. The Labute approximate surface area is 111 Å². The van der Waals surface area contributed by atoms with Crippen LogP contribution in [0.3, 0.4) is 0 Å². The molecule has 0 heterocycles. The Morgan fingerprint density at radius 2 is 2.29 bits per heavy atom. The predicted octanol–water partition coefficient (Wildman–Crippen LogP) is 4.60. The molecule has 0 aliphatic carbocycles. The van der Waals surface area contributed by atoms with Crippen LogP contribution < -0.4 is 5.32 Å². The molecule has 3 heteroatoms. The molecule has 1 N–H and O–H groups in total. The molecule has 0 aliphatic heterocycles. The Balaban J connectivity index is 2.73. The minimum atomic E-state index is -0.200. The van der Waals surface area contributed by atoms with Gasteiger partial charge >= 0.3 is 0 Å². The van der Waals surface area contributed by atoms with Crippen molar-refractivity contribution in [1.29, 1.82) is 0 Å². The topological polar surface area (TPSA) is 12.0 Å². The largest absolute Gasteiger partial charge is 0.310 e. The van der Waals surface area contributed by atoms with Crippen LogP contribution in [0, 0.1) is 5.82 Å². The summed E-state index contributed by atoms with van der Waals surface area (Å²) in [5.41, 5.74) is 1.01. The SMILES string of the molecule is C=CCCCC(NCC)c1ccc(Br)c(F)c1. The smallest absolute Gasteiger partial charge is 0.137 e. The van der Waals surface area contributed by atoms with Crippen molar-refractivity contribution in [2.24, 2.45) is 0 Å². The van der Waals surface area contributed by atoms with Gasteiger partial charge in [0.1, 0.15) is 5.82 Å². The summed E-state index contributed by atoms with van der Waals surface area (Å²) in [7, 11) is 0. The van der Waals surface area contributed by atoms with Crippen molar-refractivity contribution in [3.8, 4) is 0 Å². The van der Waals surface area contributed by atoms with Crippen LogP contribution in [0.5, 0.6) is 0 Å². The van der Waals surface area contributed by atoms with Crippen molar-refractivity contribution in [2.45, 2.75) is 32.2 Å². The van der Waals surface area contributed by atoms with Crippen molar-refractivity contribution in [3.63, 3.8) is 0 Å². The Morgan fingerprint density at radius 3 is 2.88 bits per heavy atom. The number of rotatable bonds is 7. The monoisotopic (exact) mass is 299 g/mol. The number of hydrogen-bond acceptors (Lipinski definition) is 1. The highest BCUT2D eigenvalue weighted by Gasteiger charge is 2.11. The zero-order chi connectivity index (χ0) is 12.7. The van der Waals surface area contributed by atoms with Gasteiger partial charge in [0, 0.05) is 6.04 Å². The van der Waals surface area contributed by atoms with E-state index >= 15 is 0 Å². The maximum atomic E-state index is 13.5. The molecule has 0 spiro atoms. The molecule has 0 bridgehead atoms. The van der Waals surface area contributed by atoms with Crippen LogP contribution in [0.4, 0.5) is 4.39 Å². The van der Waals surface area contributed by atoms with Crippen LogP contribution in [0.2, 0.25) is 0 Å². The molecule has 1 aromatic carbocycles. The highest BCUT2D eigenvalue weighted by Crippen LogP contribution is 2.24. The summed E-state index contributed by atoms with van der Waals surface area (Å²) >= 11 is 3.17. The lowest BCUT2D eigenvalue weighted by molar-refractivity contribution is 0.496. The van der Waals surface area contributed by atoms with E-state index in [9.17, 15) is 4.39 Å². The van der Waals surface area contributed by atoms with Crippen molar-refractivity contribution >= 4 is 15.9 Å².